The summed E-state index contributed by atoms with van der Waals surface area (Å²) in [6, 6.07) is 0. The molecule has 0 aliphatic rings. The normalized spacial score (nSPS) is 10.4. The number of rotatable bonds is 4. The molecule has 0 unspecified atom stereocenters. The fraction of sp³-hybridized carbons (Fsp3) is 0.286. The summed E-state index contributed by atoms with van der Waals surface area (Å²) in [6.07, 6.45) is 5.48. The first kappa shape index (κ1) is 9.60. The first-order valence-corrected chi connectivity index (χ1v) is 5.64. The predicted octanol–water partition coefficient (Wildman–Crippen LogP) is 1.61. The van der Waals surface area contributed by atoms with Gasteiger partial charge < -0.3 is 9.88 Å². The summed E-state index contributed by atoms with van der Waals surface area (Å²) in [5.41, 5.74) is 0. The molecule has 2 aromatic rings. The molecular weight excluding hydrogens is 266 g/mol. The molecule has 0 saturated heterocycles. The number of imidazole rings is 1. The molecule has 0 bridgehead atoms. The predicted molar refractivity (Wildman–Crippen MR) is 58.3 cm³/mol. The summed E-state index contributed by atoms with van der Waals surface area (Å²) in [7, 11) is 0. The number of nitrogens with one attached hydrogen (secondary N) is 1. The minimum absolute atomic E-state index is 0.794. The molecule has 0 radical (unpaired) electrons. The lowest BCUT2D eigenvalue weighted by atomic mass is 10.6. The summed E-state index contributed by atoms with van der Waals surface area (Å²) < 4.78 is 2.80. The molecule has 74 valence electrons. The monoisotopic (exact) mass is 273 g/mol. The van der Waals surface area contributed by atoms with E-state index in [1.54, 1.807) is 12.5 Å². The molecule has 0 amide bonds. The third-order valence-corrected chi connectivity index (χ3v) is 2.92. The third kappa shape index (κ3) is 2.52. The van der Waals surface area contributed by atoms with Gasteiger partial charge in [0.15, 0.2) is 3.92 Å². The van der Waals surface area contributed by atoms with Crippen LogP contribution in [0.5, 0.6) is 0 Å². The summed E-state index contributed by atoms with van der Waals surface area (Å²) in [6.45, 7) is 1.69. The van der Waals surface area contributed by atoms with Crippen LogP contribution >= 0.6 is 27.3 Å². The summed E-state index contributed by atoms with van der Waals surface area (Å²) in [4.78, 5) is 3.95. The van der Waals surface area contributed by atoms with Crippen molar-refractivity contribution in [2.75, 3.05) is 11.9 Å². The van der Waals surface area contributed by atoms with E-state index < -0.39 is 0 Å². The lowest BCUT2D eigenvalue weighted by Gasteiger charge is -2.01. The van der Waals surface area contributed by atoms with Gasteiger partial charge in [0.2, 0.25) is 5.13 Å². The van der Waals surface area contributed by atoms with Crippen molar-refractivity contribution in [3.05, 3.63) is 22.6 Å². The smallest absolute Gasteiger partial charge is 0.206 e. The molecule has 2 rings (SSSR count). The van der Waals surface area contributed by atoms with Crippen molar-refractivity contribution >= 4 is 32.4 Å². The van der Waals surface area contributed by atoms with Gasteiger partial charge in [-0.3, -0.25) is 0 Å². The number of halogens is 1. The Morgan fingerprint density at radius 3 is 3.07 bits per heavy atom. The van der Waals surface area contributed by atoms with Crippen molar-refractivity contribution in [3.63, 3.8) is 0 Å². The van der Waals surface area contributed by atoms with E-state index in [0.717, 1.165) is 22.1 Å². The van der Waals surface area contributed by atoms with E-state index in [9.17, 15) is 0 Å². The zero-order chi connectivity index (χ0) is 9.80. The minimum atomic E-state index is 0.794. The molecule has 0 atom stereocenters. The van der Waals surface area contributed by atoms with Crippen LogP contribution in [0.4, 0.5) is 5.13 Å². The molecule has 1 N–H and O–H groups in total. The number of hydrogen-bond acceptors (Lipinski definition) is 5. The standard InChI is InChI=1S/C7H8BrN5S/c8-6-11-12-7(14-6)10-2-4-13-3-1-9-5-13/h1,3,5H,2,4H2,(H,10,12). The highest BCUT2D eigenvalue weighted by atomic mass is 79.9. The summed E-state index contributed by atoms with van der Waals surface area (Å²) >= 11 is 4.74. The van der Waals surface area contributed by atoms with Gasteiger partial charge in [0.25, 0.3) is 0 Å². The highest BCUT2D eigenvalue weighted by Crippen LogP contribution is 2.19. The number of hydrogen-bond donors (Lipinski definition) is 1. The maximum absolute atomic E-state index is 3.95. The van der Waals surface area contributed by atoms with Crippen molar-refractivity contribution in [2.24, 2.45) is 0 Å². The van der Waals surface area contributed by atoms with E-state index in [4.69, 9.17) is 0 Å². The Labute approximate surface area is 93.3 Å². The molecule has 0 saturated carbocycles. The first-order chi connectivity index (χ1) is 6.84. The van der Waals surface area contributed by atoms with Gasteiger partial charge in [-0.1, -0.05) is 11.3 Å². The van der Waals surface area contributed by atoms with Crippen LogP contribution in [-0.2, 0) is 6.54 Å². The molecule has 0 fully saturated rings. The van der Waals surface area contributed by atoms with Crippen molar-refractivity contribution in [1.29, 1.82) is 0 Å². The van der Waals surface area contributed by atoms with Crippen LogP contribution in [0.25, 0.3) is 0 Å². The van der Waals surface area contributed by atoms with Crippen molar-refractivity contribution in [1.82, 2.24) is 19.7 Å². The van der Waals surface area contributed by atoms with Crippen LogP contribution in [0.2, 0.25) is 0 Å². The van der Waals surface area contributed by atoms with Crippen LogP contribution in [-0.4, -0.2) is 26.3 Å². The van der Waals surface area contributed by atoms with Gasteiger partial charge in [-0.05, 0) is 15.9 Å². The van der Waals surface area contributed by atoms with Gasteiger partial charge in [0.1, 0.15) is 0 Å². The molecule has 0 spiro atoms. The van der Waals surface area contributed by atoms with E-state index >= 15 is 0 Å². The molecule has 2 aromatic heterocycles. The average Bonchev–Trinajstić information content (AvgIpc) is 2.77. The third-order valence-electron chi connectivity index (χ3n) is 1.61. The second kappa shape index (κ2) is 4.52. The molecule has 2 heterocycles. The molecule has 5 nitrogen and oxygen atoms in total. The van der Waals surface area contributed by atoms with Gasteiger partial charge in [-0.2, -0.15) is 0 Å². The molecule has 7 heteroatoms. The van der Waals surface area contributed by atoms with E-state index in [-0.39, 0.29) is 0 Å². The average molecular weight is 274 g/mol. The lowest BCUT2D eigenvalue weighted by molar-refractivity contribution is 0.726. The highest BCUT2D eigenvalue weighted by Gasteiger charge is 1.99. The number of anilines is 1. The SMILES string of the molecule is Brc1nnc(NCCn2ccnc2)s1. The quantitative estimate of drug-likeness (QED) is 0.920. The van der Waals surface area contributed by atoms with Gasteiger partial charge in [0, 0.05) is 25.5 Å². The Kier molecular flexibility index (Phi) is 3.10. The van der Waals surface area contributed by atoms with E-state index in [0.29, 0.717) is 0 Å². The van der Waals surface area contributed by atoms with Crippen LogP contribution < -0.4 is 5.32 Å². The van der Waals surface area contributed by atoms with Gasteiger partial charge in [-0.25, -0.2) is 4.98 Å². The maximum atomic E-state index is 3.95. The Hall–Kier alpha value is -0.950. The van der Waals surface area contributed by atoms with Gasteiger partial charge in [0.05, 0.1) is 6.33 Å². The fourth-order valence-corrected chi connectivity index (χ4v) is 2.02. The molecule has 0 aliphatic heterocycles. The Bertz CT molecular complexity index is 384. The maximum Gasteiger partial charge on any atom is 0.206 e. The van der Waals surface area contributed by atoms with Crippen LogP contribution in [0, 0.1) is 0 Å². The second-order valence-electron chi connectivity index (χ2n) is 2.59. The van der Waals surface area contributed by atoms with E-state index in [1.807, 2.05) is 10.8 Å². The molecule has 0 aliphatic carbocycles. The second-order valence-corrected chi connectivity index (χ2v) is 4.84. The molecule has 14 heavy (non-hydrogen) atoms. The minimum Gasteiger partial charge on any atom is -0.358 e. The van der Waals surface area contributed by atoms with Gasteiger partial charge >= 0.3 is 0 Å². The van der Waals surface area contributed by atoms with Crippen molar-refractivity contribution in [2.45, 2.75) is 6.54 Å². The highest BCUT2D eigenvalue weighted by molar-refractivity contribution is 9.11. The van der Waals surface area contributed by atoms with Crippen molar-refractivity contribution in [3.8, 4) is 0 Å². The largest absolute Gasteiger partial charge is 0.358 e. The summed E-state index contributed by atoms with van der Waals surface area (Å²) in [5.74, 6) is 0. The lowest BCUT2D eigenvalue weighted by Crippen LogP contribution is -2.08. The van der Waals surface area contributed by atoms with E-state index in [1.165, 1.54) is 11.3 Å². The molecule has 0 aromatic carbocycles. The Morgan fingerprint density at radius 1 is 1.50 bits per heavy atom. The van der Waals surface area contributed by atoms with Crippen LogP contribution in [0.3, 0.4) is 0 Å². The van der Waals surface area contributed by atoms with Crippen LogP contribution in [0.15, 0.2) is 22.6 Å². The Morgan fingerprint density at radius 2 is 2.43 bits per heavy atom. The summed E-state index contributed by atoms with van der Waals surface area (Å²) in [5, 5.41) is 11.8. The number of aromatic nitrogens is 4. The molecular formula is C7H8BrN5S. The zero-order valence-electron chi connectivity index (χ0n) is 7.22. The fourth-order valence-electron chi connectivity index (χ4n) is 0.988. The topological polar surface area (TPSA) is 55.6 Å². The zero-order valence-corrected chi connectivity index (χ0v) is 9.62. The Balaban J connectivity index is 1.78. The van der Waals surface area contributed by atoms with Crippen molar-refractivity contribution < 1.29 is 0 Å². The first-order valence-electron chi connectivity index (χ1n) is 4.03. The van der Waals surface area contributed by atoms with Gasteiger partial charge in [-0.15, -0.1) is 10.2 Å². The van der Waals surface area contributed by atoms with E-state index in [2.05, 4.69) is 36.4 Å². The number of nitrogens with zero attached hydrogens (tertiary/aromatic N) is 4. The van der Waals surface area contributed by atoms with Crippen LogP contribution in [0.1, 0.15) is 0 Å².